The van der Waals surface area contributed by atoms with Gasteiger partial charge in [-0.3, -0.25) is 14.5 Å². The van der Waals surface area contributed by atoms with Crippen LogP contribution in [0.2, 0.25) is 0 Å². The molecule has 0 aliphatic carbocycles. The normalized spacial score (nSPS) is 19.7. The number of anilines is 1. The molecule has 1 fully saturated rings. The van der Waals surface area contributed by atoms with E-state index in [1.165, 1.54) is 25.3 Å². The van der Waals surface area contributed by atoms with Crippen LogP contribution in [0.15, 0.2) is 18.2 Å². The van der Waals surface area contributed by atoms with E-state index >= 15 is 0 Å². The van der Waals surface area contributed by atoms with Crippen molar-refractivity contribution in [3.63, 3.8) is 0 Å². The molecule has 1 N–H and O–H groups in total. The van der Waals surface area contributed by atoms with E-state index in [0.29, 0.717) is 5.75 Å². The Morgan fingerprint density at radius 3 is 2.83 bits per heavy atom. The van der Waals surface area contributed by atoms with E-state index in [1.54, 1.807) is 6.92 Å². The Labute approximate surface area is 104 Å². The summed E-state index contributed by atoms with van der Waals surface area (Å²) >= 11 is 0. The molecule has 6 heteroatoms. The summed E-state index contributed by atoms with van der Waals surface area (Å²) in [6.07, 6.45) is 0. The Kier molecular flexibility index (Phi) is 3.18. The number of hydrogen-bond donors (Lipinski definition) is 1. The highest BCUT2D eigenvalue weighted by Crippen LogP contribution is 2.27. The molecule has 0 aromatic heterocycles. The topological polar surface area (TPSA) is 58.6 Å². The largest absolute Gasteiger partial charge is 0.497 e. The number of ether oxygens (including phenoxy) is 1. The maximum Gasteiger partial charge on any atom is 0.247 e. The van der Waals surface area contributed by atoms with E-state index < -0.39 is 11.9 Å². The summed E-state index contributed by atoms with van der Waals surface area (Å²) in [5.41, 5.74) is 0.0571. The molecular weight excluding hydrogens is 239 g/mol. The Hall–Kier alpha value is -2.11. The number of nitrogens with zero attached hydrogens (tertiary/aromatic N) is 1. The summed E-state index contributed by atoms with van der Waals surface area (Å²) in [7, 11) is 1.45. The van der Waals surface area contributed by atoms with Gasteiger partial charge in [-0.15, -0.1) is 0 Å². The molecule has 0 spiro atoms. The van der Waals surface area contributed by atoms with Crippen molar-refractivity contribution in [3.05, 3.63) is 24.0 Å². The number of amides is 2. The third-order valence-corrected chi connectivity index (χ3v) is 2.86. The molecule has 2 amide bonds. The Morgan fingerprint density at radius 2 is 2.17 bits per heavy atom. The van der Waals surface area contributed by atoms with Gasteiger partial charge in [-0.05, 0) is 19.1 Å². The zero-order valence-corrected chi connectivity index (χ0v) is 10.1. The quantitative estimate of drug-likeness (QED) is 0.842. The predicted octanol–water partition coefficient (Wildman–Crippen LogP) is 0.686. The number of carbonyl (C=O) groups excluding carboxylic acids is 2. The van der Waals surface area contributed by atoms with Crippen LogP contribution in [0.1, 0.15) is 6.92 Å². The number of rotatable bonds is 2. The number of hydrogen-bond acceptors (Lipinski definition) is 3. The molecule has 2 rings (SSSR count). The fourth-order valence-corrected chi connectivity index (χ4v) is 1.88. The van der Waals surface area contributed by atoms with Crippen LogP contribution in [0, 0.1) is 5.82 Å². The summed E-state index contributed by atoms with van der Waals surface area (Å²) in [5.74, 6) is -0.797. The average Bonchev–Trinajstić information content (AvgIpc) is 2.36. The summed E-state index contributed by atoms with van der Waals surface area (Å²) < 4.78 is 18.8. The minimum Gasteiger partial charge on any atom is -0.497 e. The van der Waals surface area contributed by atoms with E-state index in [0.717, 1.165) is 4.90 Å². The fraction of sp³-hybridized carbons (Fsp3) is 0.333. The maximum absolute atomic E-state index is 13.8. The second-order valence-electron chi connectivity index (χ2n) is 3.97. The first kappa shape index (κ1) is 12.3. The standard InChI is InChI=1S/C12H13FN2O3/c1-7-12(17)14-6-11(16)15(7)10-5-8(18-2)3-4-9(10)13/h3-5,7H,6H2,1-2H3,(H,14,17). The highest BCUT2D eigenvalue weighted by atomic mass is 19.1. The van der Waals surface area contributed by atoms with Crippen LogP contribution in [0.4, 0.5) is 10.1 Å². The third-order valence-electron chi connectivity index (χ3n) is 2.86. The van der Waals surface area contributed by atoms with Crippen LogP contribution in [0.5, 0.6) is 5.75 Å². The molecule has 1 unspecified atom stereocenters. The highest BCUT2D eigenvalue weighted by molar-refractivity contribution is 6.06. The Bertz CT molecular complexity index is 504. The number of methoxy groups -OCH3 is 1. The van der Waals surface area contributed by atoms with Crippen molar-refractivity contribution in [2.24, 2.45) is 0 Å². The molecule has 18 heavy (non-hydrogen) atoms. The summed E-state index contributed by atoms with van der Waals surface area (Å²) in [6.45, 7) is 1.42. The number of halogens is 1. The van der Waals surface area contributed by atoms with E-state index in [9.17, 15) is 14.0 Å². The van der Waals surface area contributed by atoms with Crippen molar-refractivity contribution < 1.29 is 18.7 Å². The summed E-state index contributed by atoms with van der Waals surface area (Å²) in [4.78, 5) is 24.5. The minimum atomic E-state index is -0.743. The van der Waals surface area contributed by atoms with Gasteiger partial charge >= 0.3 is 0 Å². The van der Waals surface area contributed by atoms with Gasteiger partial charge in [0, 0.05) is 6.07 Å². The molecule has 1 atom stereocenters. The van der Waals surface area contributed by atoms with Crippen molar-refractivity contribution >= 4 is 17.5 Å². The minimum absolute atomic E-state index is 0.0571. The second kappa shape index (κ2) is 4.64. The first-order valence-corrected chi connectivity index (χ1v) is 5.48. The maximum atomic E-state index is 13.8. The lowest BCUT2D eigenvalue weighted by molar-refractivity contribution is -0.130. The molecule has 1 aromatic rings. The predicted molar refractivity (Wildman–Crippen MR) is 62.9 cm³/mol. The van der Waals surface area contributed by atoms with Gasteiger partial charge in [0.05, 0.1) is 19.3 Å². The van der Waals surface area contributed by atoms with E-state index in [2.05, 4.69) is 5.32 Å². The first-order valence-electron chi connectivity index (χ1n) is 5.48. The Morgan fingerprint density at radius 1 is 1.44 bits per heavy atom. The number of benzene rings is 1. The van der Waals surface area contributed by atoms with Crippen molar-refractivity contribution in [2.45, 2.75) is 13.0 Å². The summed E-state index contributed by atoms with van der Waals surface area (Å²) in [6, 6.07) is 3.33. The molecule has 96 valence electrons. The van der Waals surface area contributed by atoms with Gasteiger partial charge in [-0.25, -0.2) is 4.39 Å². The SMILES string of the molecule is COc1ccc(F)c(N2C(=O)CNC(=O)C2C)c1. The lowest BCUT2D eigenvalue weighted by Crippen LogP contribution is -2.57. The van der Waals surface area contributed by atoms with Crippen LogP contribution < -0.4 is 15.0 Å². The third kappa shape index (κ3) is 2.01. The zero-order chi connectivity index (χ0) is 13.3. The molecular formula is C12H13FN2O3. The van der Waals surface area contributed by atoms with Gasteiger partial charge in [-0.2, -0.15) is 0 Å². The van der Waals surface area contributed by atoms with Gasteiger partial charge in [0.1, 0.15) is 17.6 Å². The monoisotopic (exact) mass is 252 g/mol. The molecule has 1 aliphatic rings. The molecule has 0 saturated carbocycles. The van der Waals surface area contributed by atoms with E-state index in [1.807, 2.05) is 0 Å². The lowest BCUT2D eigenvalue weighted by Gasteiger charge is -2.32. The molecule has 1 heterocycles. The van der Waals surface area contributed by atoms with E-state index in [-0.39, 0.29) is 24.0 Å². The molecule has 5 nitrogen and oxygen atoms in total. The highest BCUT2D eigenvalue weighted by Gasteiger charge is 2.33. The van der Waals surface area contributed by atoms with Crippen LogP contribution in [0.3, 0.4) is 0 Å². The summed E-state index contributed by atoms with van der Waals surface area (Å²) in [5, 5.41) is 2.45. The van der Waals surface area contributed by atoms with Crippen molar-refractivity contribution in [2.75, 3.05) is 18.6 Å². The smallest absolute Gasteiger partial charge is 0.247 e. The number of nitrogens with one attached hydrogen (secondary N) is 1. The van der Waals surface area contributed by atoms with Gasteiger partial charge in [-0.1, -0.05) is 0 Å². The zero-order valence-electron chi connectivity index (χ0n) is 10.1. The average molecular weight is 252 g/mol. The van der Waals surface area contributed by atoms with Crippen molar-refractivity contribution in [3.8, 4) is 5.75 Å². The van der Waals surface area contributed by atoms with Gasteiger partial charge in [0.25, 0.3) is 0 Å². The van der Waals surface area contributed by atoms with Gasteiger partial charge in [0.2, 0.25) is 11.8 Å². The van der Waals surface area contributed by atoms with Crippen LogP contribution in [0.25, 0.3) is 0 Å². The molecule has 1 aliphatic heterocycles. The van der Waals surface area contributed by atoms with Crippen molar-refractivity contribution in [1.82, 2.24) is 5.32 Å². The molecule has 0 radical (unpaired) electrons. The van der Waals surface area contributed by atoms with Crippen LogP contribution >= 0.6 is 0 Å². The first-order chi connectivity index (χ1) is 8.54. The lowest BCUT2D eigenvalue weighted by atomic mass is 10.1. The van der Waals surface area contributed by atoms with Crippen molar-refractivity contribution in [1.29, 1.82) is 0 Å². The molecule has 0 bridgehead atoms. The number of piperazine rings is 1. The van der Waals surface area contributed by atoms with Gasteiger partial charge < -0.3 is 10.1 Å². The second-order valence-corrected chi connectivity index (χ2v) is 3.97. The van der Waals surface area contributed by atoms with Gasteiger partial charge in [0.15, 0.2) is 0 Å². The van der Waals surface area contributed by atoms with Crippen LogP contribution in [-0.2, 0) is 9.59 Å². The fourth-order valence-electron chi connectivity index (χ4n) is 1.88. The molecule has 1 saturated heterocycles. The number of carbonyl (C=O) groups is 2. The van der Waals surface area contributed by atoms with E-state index in [4.69, 9.17) is 4.74 Å². The van der Waals surface area contributed by atoms with Crippen LogP contribution in [-0.4, -0.2) is 31.5 Å². The molecule has 1 aromatic carbocycles. The Balaban J connectivity index is 2.45.